The number of carbonyl (C=O) groups is 1. The maximum atomic E-state index is 13.0. The minimum atomic E-state index is -0.213. The zero-order valence-electron chi connectivity index (χ0n) is 18.9. The molecule has 4 heterocycles. The number of ether oxygens (including phenoxy) is 2. The topological polar surface area (TPSA) is 93.9 Å². The van der Waals surface area contributed by atoms with E-state index in [0.717, 1.165) is 47.1 Å². The molecule has 0 saturated carbocycles. The lowest BCUT2D eigenvalue weighted by Gasteiger charge is -2.27. The van der Waals surface area contributed by atoms with Gasteiger partial charge < -0.3 is 19.7 Å². The van der Waals surface area contributed by atoms with Crippen LogP contribution >= 0.6 is 0 Å². The van der Waals surface area contributed by atoms with Crippen molar-refractivity contribution in [3.05, 3.63) is 58.9 Å². The molecule has 1 fully saturated rings. The zero-order valence-corrected chi connectivity index (χ0v) is 18.9. The molecule has 1 saturated heterocycles. The smallest absolute Gasteiger partial charge is 0.256 e. The van der Waals surface area contributed by atoms with E-state index < -0.39 is 0 Å². The van der Waals surface area contributed by atoms with Gasteiger partial charge in [-0.25, -0.2) is 9.98 Å². The van der Waals surface area contributed by atoms with E-state index >= 15 is 0 Å². The summed E-state index contributed by atoms with van der Waals surface area (Å²) in [6.45, 7) is 6.75. The number of hydrogen-bond donors (Lipinski definition) is 1. The molecule has 4 rings (SSSR count). The van der Waals surface area contributed by atoms with E-state index in [1.807, 2.05) is 33.2 Å². The summed E-state index contributed by atoms with van der Waals surface area (Å²) in [6.07, 6.45) is 5.89. The van der Waals surface area contributed by atoms with Crippen molar-refractivity contribution in [2.75, 3.05) is 38.3 Å². The minimum Gasteiger partial charge on any atom is -0.501 e. The quantitative estimate of drug-likeness (QED) is 0.741. The first-order chi connectivity index (χ1) is 15.5. The van der Waals surface area contributed by atoms with Crippen LogP contribution in [0.5, 0.6) is 0 Å². The lowest BCUT2D eigenvalue weighted by Crippen LogP contribution is -2.37. The Labute approximate surface area is 187 Å². The van der Waals surface area contributed by atoms with Gasteiger partial charge in [0.1, 0.15) is 11.7 Å². The number of amidine groups is 1. The molecule has 2 aromatic rings. The Morgan fingerprint density at radius 2 is 2.00 bits per heavy atom. The molecule has 1 N–H and O–H groups in total. The number of rotatable bonds is 4. The molecule has 0 radical (unpaired) electrons. The Morgan fingerprint density at radius 3 is 2.69 bits per heavy atom. The van der Waals surface area contributed by atoms with E-state index in [-0.39, 0.29) is 5.91 Å². The maximum absolute atomic E-state index is 13.0. The average Bonchev–Trinajstić information content (AvgIpc) is 3.45. The number of anilines is 1. The second-order valence-corrected chi connectivity index (χ2v) is 7.81. The van der Waals surface area contributed by atoms with Crippen LogP contribution in [0.2, 0.25) is 0 Å². The fourth-order valence-corrected chi connectivity index (χ4v) is 3.77. The van der Waals surface area contributed by atoms with Gasteiger partial charge in [-0.1, -0.05) is 0 Å². The molecule has 2 aliphatic heterocycles. The number of aromatic nitrogens is 3. The Balaban J connectivity index is 1.58. The van der Waals surface area contributed by atoms with Crippen LogP contribution in [0.4, 0.5) is 5.82 Å². The fourth-order valence-electron chi connectivity index (χ4n) is 3.77. The van der Waals surface area contributed by atoms with E-state index in [1.54, 1.807) is 30.3 Å². The summed E-state index contributed by atoms with van der Waals surface area (Å²) in [7, 11) is 3.52. The van der Waals surface area contributed by atoms with Crippen molar-refractivity contribution in [1.82, 2.24) is 20.1 Å². The van der Waals surface area contributed by atoms with Gasteiger partial charge in [0.05, 0.1) is 38.0 Å². The van der Waals surface area contributed by atoms with Crippen molar-refractivity contribution in [2.24, 2.45) is 12.0 Å². The largest absolute Gasteiger partial charge is 0.501 e. The zero-order chi connectivity index (χ0) is 22.7. The summed E-state index contributed by atoms with van der Waals surface area (Å²) in [5.74, 6) is 1.92. The van der Waals surface area contributed by atoms with E-state index in [4.69, 9.17) is 14.5 Å². The van der Waals surface area contributed by atoms with Gasteiger partial charge >= 0.3 is 0 Å². The first-order valence-electron chi connectivity index (χ1n) is 10.6. The fraction of sp³-hybridized carbons (Fsp3) is 0.391. The van der Waals surface area contributed by atoms with Gasteiger partial charge in [-0.15, -0.1) is 0 Å². The predicted octanol–water partition coefficient (Wildman–Crippen LogP) is 2.54. The molecule has 9 nitrogen and oxygen atoms in total. The average molecular weight is 437 g/mol. The molecule has 0 aliphatic carbocycles. The summed E-state index contributed by atoms with van der Waals surface area (Å²) < 4.78 is 12.6. The van der Waals surface area contributed by atoms with E-state index in [1.165, 1.54) is 0 Å². The van der Waals surface area contributed by atoms with Crippen molar-refractivity contribution < 1.29 is 14.3 Å². The van der Waals surface area contributed by atoms with Crippen LogP contribution in [0.1, 0.15) is 36.2 Å². The lowest BCUT2D eigenvalue weighted by atomic mass is 10.0. The number of carbonyl (C=O) groups excluding carboxylic acids is 1. The number of morpholine rings is 1. The summed E-state index contributed by atoms with van der Waals surface area (Å²) in [5, 5.41) is 7.22. The minimum absolute atomic E-state index is 0.213. The number of hydrogen-bond acceptors (Lipinski definition) is 7. The summed E-state index contributed by atoms with van der Waals surface area (Å²) in [4.78, 5) is 24.3. The normalized spacial score (nSPS) is 19.5. The number of amides is 1. The third-order valence-corrected chi connectivity index (χ3v) is 5.70. The number of nitrogens with one attached hydrogen (secondary N) is 1. The molecular weight excluding hydrogens is 408 g/mol. The third kappa shape index (κ3) is 4.57. The Hall–Kier alpha value is -3.46. The van der Waals surface area contributed by atoms with E-state index in [2.05, 4.69) is 20.3 Å². The highest BCUT2D eigenvalue weighted by atomic mass is 16.5. The number of pyridine rings is 1. The van der Waals surface area contributed by atoms with Crippen LogP contribution < -0.4 is 10.2 Å². The summed E-state index contributed by atoms with van der Waals surface area (Å²) in [6, 6.07) is 3.52. The highest BCUT2D eigenvalue weighted by Crippen LogP contribution is 2.33. The van der Waals surface area contributed by atoms with Gasteiger partial charge in [0.25, 0.3) is 5.91 Å². The van der Waals surface area contributed by atoms with Crippen LogP contribution in [0.3, 0.4) is 0 Å². The number of nitrogens with zero attached hydrogens (tertiary/aromatic N) is 5. The predicted molar refractivity (Wildman–Crippen MR) is 122 cm³/mol. The first-order valence-corrected chi connectivity index (χ1v) is 10.6. The Morgan fingerprint density at radius 1 is 1.22 bits per heavy atom. The van der Waals surface area contributed by atoms with E-state index in [9.17, 15) is 4.79 Å². The summed E-state index contributed by atoms with van der Waals surface area (Å²) >= 11 is 0. The molecule has 0 aromatic carbocycles. The van der Waals surface area contributed by atoms with Crippen molar-refractivity contribution in [3.63, 3.8) is 0 Å². The number of allylic oxidation sites excluding steroid dienone is 3. The second kappa shape index (κ2) is 9.35. The number of aryl methyl sites for hydroxylation is 1. The monoisotopic (exact) mass is 436 g/mol. The van der Waals surface area contributed by atoms with Crippen LogP contribution in [0.15, 0.2) is 52.7 Å². The Bertz CT molecular complexity index is 1110. The highest BCUT2D eigenvalue weighted by molar-refractivity contribution is 6.09. The number of aliphatic imine (C=N–C) groups is 1. The molecule has 2 aromatic heterocycles. The molecule has 0 atom stereocenters. The van der Waals surface area contributed by atoms with Gasteiger partial charge in [-0.2, -0.15) is 5.10 Å². The van der Waals surface area contributed by atoms with Crippen LogP contribution in [0.25, 0.3) is 5.57 Å². The highest BCUT2D eigenvalue weighted by Gasteiger charge is 2.25. The van der Waals surface area contributed by atoms with E-state index in [0.29, 0.717) is 31.0 Å². The second-order valence-electron chi connectivity index (χ2n) is 7.81. The van der Waals surface area contributed by atoms with Crippen molar-refractivity contribution in [1.29, 1.82) is 0 Å². The van der Waals surface area contributed by atoms with Gasteiger partial charge in [-0.05, 0) is 31.6 Å². The van der Waals surface area contributed by atoms with Crippen molar-refractivity contribution in [2.45, 2.75) is 20.3 Å². The van der Waals surface area contributed by atoms with Crippen molar-refractivity contribution >= 4 is 23.1 Å². The van der Waals surface area contributed by atoms with Crippen LogP contribution in [-0.2, 0) is 16.5 Å². The molecule has 1 amide bonds. The van der Waals surface area contributed by atoms with Crippen LogP contribution in [0, 0.1) is 0 Å². The summed E-state index contributed by atoms with van der Waals surface area (Å²) in [5.41, 5.74) is 4.25. The van der Waals surface area contributed by atoms with Gasteiger partial charge in [0, 0.05) is 55.7 Å². The molecule has 0 spiro atoms. The molecule has 0 bridgehead atoms. The van der Waals surface area contributed by atoms with Gasteiger partial charge in [-0.3, -0.25) is 9.48 Å². The molecule has 32 heavy (non-hydrogen) atoms. The SMILES string of the molecule is CO/C(C)=C1\CC(NC(=O)c2ccnc(N3CCOCC3)c2)=N\C1=C(\C)c1cnn(C)c1. The lowest BCUT2D eigenvalue weighted by molar-refractivity contribution is 0.0976. The first kappa shape index (κ1) is 21.8. The standard InChI is InChI=1S/C23H28N6O3/c1-15(18-13-25-28(3)14-18)22-19(16(2)31-4)12-20(26-22)27-23(30)17-5-6-24-21(11-17)29-7-9-32-10-8-29/h5-6,11,13-14H,7-10,12H2,1-4H3,(H,26,27,30)/b19-16+,22-15-. The van der Waals surface area contributed by atoms with Gasteiger partial charge in [0.15, 0.2) is 0 Å². The molecule has 2 aliphatic rings. The molecule has 0 unspecified atom stereocenters. The Kier molecular flexibility index (Phi) is 6.36. The molecule has 168 valence electrons. The van der Waals surface area contributed by atoms with Crippen LogP contribution in [-0.4, -0.2) is 59.9 Å². The third-order valence-electron chi connectivity index (χ3n) is 5.70. The molecule has 9 heteroatoms. The van der Waals surface area contributed by atoms with Crippen molar-refractivity contribution in [3.8, 4) is 0 Å². The maximum Gasteiger partial charge on any atom is 0.256 e. The van der Waals surface area contributed by atoms with Gasteiger partial charge in [0.2, 0.25) is 0 Å². The molecular formula is C23H28N6O3. The number of methoxy groups -OCH3 is 1.